The monoisotopic (exact) mass is 372 g/mol. The number of carboxylic acids is 1. The van der Waals surface area contributed by atoms with Crippen molar-refractivity contribution in [2.24, 2.45) is 0 Å². The van der Waals surface area contributed by atoms with Gasteiger partial charge in [0.2, 0.25) is 0 Å². The van der Waals surface area contributed by atoms with Gasteiger partial charge < -0.3 is 10.0 Å². The van der Waals surface area contributed by atoms with Gasteiger partial charge >= 0.3 is 5.97 Å². The van der Waals surface area contributed by atoms with Crippen molar-refractivity contribution in [3.05, 3.63) is 75.1 Å². The lowest BCUT2D eigenvalue weighted by atomic mass is 10.0. The molecule has 1 unspecified atom stereocenters. The minimum absolute atomic E-state index is 0.0345. The van der Waals surface area contributed by atoms with E-state index in [1.165, 1.54) is 12.1 Å². The second-order valence-corrected chi connectivity index (χ2v) is 6.46. The highest BCUT2D eigenvalue weighted by molar-refractivity contribution is 5.98. The minimum Gasteiger partial charge on any atom is -0.478 e. The fourth-order valence-corrected chi connectivity index (χ4v) is 3.38. The molecule has 0 aromatic heterocycles. The number of hydrogen-bond acceptors (Lipinski definition) is 4. The lowest BCUT2D eigenvalue weighted by Gasteiger charge is -2.25. The van der Waals surface area contributed by atoms with Crippen LogP contribution in [0.15, 0.2) is 42.5 Å². The Morgan fingerprint density at radius 3 is 2.63 bits per heavy atom. The highest BCUT2D eigenvalue weighted by atomic mass is 19.1. The summed E-state index contributed by atoms with van der Waals surface area (Å²) in [4.78, 5) is 36.0. The van der Waals surface area contributed by atoms with E-state index in [0.717, 1.165) is 36.6 Å². The van der Waals surface area contributed by atoms with Crippen molar-refractivity contribution in [3.8, 4) is 0 Å². The number of amides is 1. The molecule has 1 N–H and O–H groups in total. The predicted molar refractivity (Wildman–Crippen MR) is 94.2 cm³/mol. The summed E-state index contributed by atoms with van der Waals surface area (Å²) in [5.41, 5.74) is -0.0368. The van der Waals surface area contributed by atoms with E-state index in [4.69, 9.17) is 5.11 Å². The van der Waals surface area contributed by atoms with Gasteiger partial charge in [-0.2, -0.15) is 0 Å². The molecule has 0 bridgehead atoms. The van der Waals surface area contributed by atoms with Gasteiger partial charge in [0.15, 0.2) is 0 Å². The van der Waals surface area contributed by atoms with E-state index in [-0.39, 0.29) is 23.0 Å². The van der Waals surface area contributed by atoms with Crippen LogP contribution in [-0.2, 0) is 6.42 Å². The van der Waals surface area contributed by atoms with Gasteiger partial charge in [0.05, 0.1) is 10.5 Å². The maximum Gasteiger partial charge on any atom is 0.335 e. The molecule has 2 aromatic rings. The normalized spacial score (nSPS) is 16.3. The number of benzene rings is 2. The average Bonchev–Trinajstić information content (AvgIpc) is 3.08. The number of carbonyl (C=O) groups excluding carboxylic acids is 1. The Kier molecular flexibility index (Phi) is 5.16. The number of halogens is 1. The summed E-state index contributed by atoms with van der Waals surface area (Å²) in [6.07, 6.45) is 1.94. The molecule has 7 nitrogen and oxygen atoms in total. The largest absolute Gasteiger partial charge is 0.478 e. The van der Waals surface area contributed by atoms with E-state index < -0.39 is 22.5 Å². The summed E-state index contributed by atoms with van der Waals surface area (Å²) in [6.45, 7) is 0.462. The van der Waals surface area contributed by atoms with Gasteiger partial charge in [-0.25, -0.2) is 9.18 Å². The van der Waals surface area contributed by atoms with Crippen molar-refractivity contribution in [1.82, 2.24) is 4.90 Å². The topological polar surface area (TPSA) is 101 Å². The van der Waals surface area contributed by atoms with E-state index in [0.29, 0.717) is 13.0 Å². The molecule has 27 heavy (non-hydrogen) atoms. The van der Waals surface area contributed by atoms with E-state index in [1.807, 2.05) is 0 Å². The van der Waals surface area contributed by atoms with Crippen molar-refractivity contribution in [2.45, 2.75) is 25.3 Å². The van der Waals surface area contributed by atoms with E-state index in [2.05, 4.69) is 0 Å². The van der Waals surface area contributed by atoms with Gasteiger partial charge in [0.25, 0.3) is 11.6 Å². The van der Waals surface area contributed by atoms with Gasteiger partial charge in [-0.1, -0.05) is 12.1 Å². The van der Waals surface area contributed by atoms with Crippen molar-refractivity contribution in [1.29, 1.82) is 0 Å². The Bertz CT molecular complexity index is 882. The molecule has 3 rings (SSSR count). The number of aromatic carboxylic acids is 1. The maximum absolute atomic E-state index is 13.4. The van der Waals surface area contributed by atoms with Crippen LogP contribution in [0.1, 0.15) is 39.1 Å². The third kappa shape index (κ3) is 4.11. The SMILES string of the molecule is O=C(O)c1cc(C(=O)N2CCCC2Cc2cccc(F)c2)cc([N+](=O)[O-])c1. The van der Waals surface area contributed by atoms with Crippen LogP contribution in [0.2, 0.25) is 0 Å². The maximum atomic E-state index is 13.4. The highest BCUT2D eigenvalue weighted by Crippen LogP contribution is 2.26. The molecule has 1 heterocycles. The second kappa shape index (κ2) is 7.53. The molecular weight excluding hydrogens is 355 g/mol. The Labute approximate surface area is 154 Å². The van der Waals surface area contributed by atoms with E-state index >= 15 is 0 Å². The lowest BCUT2D eigenvalue weighted by Crippen LogP contribution is -2.37. The number of nitro benzene ring substituents is 1. The summed E-state index contributed by atoms with van der Waals surface area (Å²) in [7, 11) is 0. The molecule has 1 aliphatic rings. The van der Waals surface area contributed by atoms with Crippen LogP contribution < -0.4 is 0 Å². The molecule has 2 aromatic carbocycles. The minimum atomic E-state index is -1.34. The smallest absolute Gasteiger partial charge is 0.335 e. The number of nitro groups is 1. The van der Waals surface area contributed by atoms with Gasteiger partial charge in [0, 0.05) is 30.3 Å². The number of carbonyl (C=O) groups is 2. The van der Waals surface area contributed by atoms with Crippen LogP contribution in [0.25, 0.3) is 0 Å². The van der Waals surface area contributed by atoms with Crippen molar-refractivity contribution >= 4 is 17.6 Å². The first-order valence-electron chi connectivity index (χ1n) is 8.43. The fourth-order valence-electron chi connectivity index (χ4n) is 3.38. The number of hydrogen-bond donors (Lipinski definition) is 1. The first-order valence-corrected chi connectivity index (χ1v) is 8.43. The fraction of sp³-hybridized carbons (Fsp3) is 0.263. The Balaban J connectivity index is 1.87. The number of nitrogens with zero attached hydrogens (tertiary/aromatic N) is 2. The molecule has 8 heteroatoms. The number of non-ortho nitro benzene ring substituents is 1. The number of carboxylic acid groups (broad SMARTS) is 1. The summed E-state index contributed by atoms with van der Waals surface area (Å²) in [5.74, 6) is -2.15. The zero-order valence-electron chi connectivity index (χ0n) is 14.3. The summed E-state index contributed by atoms with van der Waals surface area (Å²) in [5, 5.41) is 20.2. The third-order valence-corrected chi connectivity index (χ3v) is 4.62. The lowest BCUT2D eigenvalue weighted by molar-refractivity contribution is -0.384. The second-order valence-electron chi connectivity index (χ2n) is 6.46. The summed E-state index contributed by atoms with van der Waals surface area (Å²) < 4.78 is 13.4. The third-order valence-electron chi connectivity index (χ3n) is 4.62. The first kappa shape index (κ1) is 18.5. The average molecular weight is 372 g/mol. The molecule has 1 amide bonds. The Hall–Kier alpha value is -3.29. The van der Waals surface area contributed by atoms with Crippen LogP contribution in [0.3, 0.4) is 0 Å². The number of rotatable bonds is 5. The molecule has 1 saturated heterocycles. The summed E-state index contributed by atoms with van der Waals surface area (Å²) in [6, 6.07) is 9.13. The molecule has 0 radical (unpaired) electrons. The van der Waals surface area contributed by atoms with Gasteiger partial charge in [-0.05, 0) is 43.0 Å². The predicted octanol–water partition coefficient (Wildman–Crippen LogP) is 3.28. The summed E-state index contributed by atoms with van der Waals surface area (Å²) >= 11 is 0. The van der Waals surface area contributed by atoms with Crippen molar-refractivity contribution < 1.29 is 24.0 Å². The van der Waals surface area contributed by atoms with Crippen LogP contribution in [0.4, 0.5) is 10.1 Å². The van der Waals surface area contributed by atoms with Gasteiger partial charge in [-0.15, -0.1) is 0 Å². The molecule has 1 fully saturated rings. The molecular formula is C19H17FN2O5. The highest BCUT2D eigenvalue weighted by Gasteiger charge is 2.31. The Morgan fingerprint density at radius 1 is 1.22 bits per heavy atom. The van der Waals surface area contributed by atoms with Crippen LogP contribution in [-0.4, -0.2) is 39.4 Å². The zero-order valence-corrected chi connectivity index (χ0v) is 14.3. The molecule has 1 aliphatic heterocycles. The Morgan fingerprint density at radius 2 is 1.96 bits per heavy atom. The number of likely N-dealkylation sites (tertiary alicyclic amines) is 1. The van der Waals surface area contributed by atoms with Gasteiger partial charge in [-0.3, -0.25) is 14.9 Å². The molecule has 140 valence electrons. The van der Waals surface area contributed by atoms with Crippen LogP contribution >= 0.6 is 0 Å². The van der Waals surface area contributed by atoms with Crippen molar-refractivity contribution in [2.75, 3.05) is 6.54 Å². The van der Waals surface area contributed by atoms with Crippen LogP contribution in [0, 0.1) is 15.9 Å². The standard InChI is InChI=1S/C19H17FN2O5/c20-15-4-1-3-12(7-15)8-16-5-2-6-21(16)18(23)13-9-14(19(24)25)11-17(10-13)22(26)27/h1,3-4,7,9-11,16H,2,5-6,8H2,(H,24,25). The van der Waals surface area contributed by atoms with E-state index in [9.17, 15) is 24.1 Å². The zero-order chi connectivity index (χ0) is 19.6. The van der Waals surface area contributed by atoms with Crippen molar-refractivity contribution in [3.63, 3.8) is 0 Å². The molecule has 0 spiro atoms. The van der Waals surface area contributed by atoms with Crippen LogP contribution in [0.5, 0.6) is 0 Å². The van der Waals surface area contributed by atoms with Gasteiger partial charge in [0.1, 0.15) is 5.82 Å². The quantitative estimate of drug-likeness (QED) is 0.641. The first-order chi connectivity index (χ1) is 12.8. The molecule has 0 aliphatic carbocycles. The molecule has 0 saturated carbocycles. The van der Waals surface area contributed by atoms with E-state index in [1.54, 1.807) is 17.0 Å². The molecule has 1 atom stereocenters.